The summed E-state index contributed by atoms with van der Waals surface area (Å²) in [7, 11) is 0. The van der Waals surface area contributed by atoms with E-state index in [-0.39, 0.29) is 0 Å². The van der Waals surface area contributed by atoms with E-state index in [1.54, 1.807) is 4.58 Å². The number of nitrogens with zero attached hydrogens (tertiary/aromatic N) is 1. The Kier molecular flexibility index (Phi) is 3.17. The maximum Gasteiger partial charge on any atom is 0.315 e. The van der Waals surface area contributed by atoms with Crippen molar-refractivity contribution in [2.45, 2.75) is 13.8 Å². The predicted octanol–water partition coefficient (Wildman–Crippen LogP) is 3.89. The van der Waals surface area contributed by atoms with Crippen LogP contribution in [0.2, 0.25) is 0 Å². The van der Waals surface area contributed by atoms with Crippen LogP contribution in [0.3, 0.4) is 0 Å². The molecule has 0 saturated carbocycles. The van der Waals surface area contributed by atoms with Gasteiger partial charge in [-0.25, -0.2) is 0 Å². The second kappa shape index (κ2) is 4.77. The zero-order valence-electron chi connectivity index (χ0n) is 10.1. The Hall–Kier alpha value is -2.18. The molecule has 2 aromatic carbocycles. The molecule has 0 unspecified atom stereocenters. The number of benzene rings is 2. The molecule has 0 aromatic heterocycles. The molecule has 0 aliphatic rings. The Bertz CT molecular complexity index is 546. The van der Waals surface area contributed by atoms with Crippen molar-refractivity contribution in [2.75, 3.05) is 0 Å². The number of aryl methyl sites for hydroxylation is 2. The Morgan fingerprint density at radius 3 is 1.59 bits per heavy atom. The average molecular weight is 223 g/mol. The highest BCUT2D eigenvalue weighted by atomic mass is 15.0. The highest BCUT2D eigenvalue weighted by Crippen LogP contribution is 2.25. The predicted molar refractivity (Wildman–Crippen MR) is 71.5 cm³/mol. The van der Waals surface area contributed by atoms with Gasteiger partial charge in [0, 0.05) is 0 Å². The van der Waals surface area contributed by atoms with Crippen molar-refractivity contribution in [3.8, 4) is 0 Å². The minimum absolute atomic E-state index is 0.997. The van der Waals surface area contributed by atoms with Gasteiger partial charge >= 0.3 is 6.01 Å². The summed E-state index contributed by atoms with van der Waals surface area (Å²) in [6, 6.07) is 18.5. The Morgan fingerprint density at radius 2 is 1.24 bits per heavy atom. The lowest BCUT2D eigenvalue weighted by molar-refractivity contribution is 1.06. The van der Waals surface area contributed by atoms with Gasteiger partial charge in [-0.2, -0.15) is 4.58 Å². The molecular formula is C15H15N2+. The molecule has 0 fully saturated rings. The standard InChI is InChI=1S/C15H15N2/c1-12-7-3-5-9-14(12)17(11-16)15-10-6-4-8-13(15)2/h3-10,16H,1-2H3/q+1. The first-order valence-electron chi connectivity index (χ1n) is 5.58. The second-order valence-corrected chi connectivity index (χ2v) is 4.02. The molecule has 2 rings (SSSR count). The van der Waals surface area contributed by atoms with Crippen LogP contribution in [0.25, 0.3) is 0 Å². The molecular weight excluding hydrogens is 208 g/mol. The molecule has 0 heterocycles. The SMILES string of the molecule is Cc1ccccc1[N+](=C=N)c1ccccc1C. The van der Waals surface area contributed by atoms with E-state index in [0.29, 0.717) is 0 Å². The fraction of sp³-hybridized carbons (Fsp3) is 0.133. The number of nitrogens with one attached hydrogen (secondary N) is 1. The van der Waals surface area contributed by atoms with Crippen molar-refractivity contribution < 1.29 is 0 Å². The van der Waals surface area contributed by atoms with Gasteiger partial charge in [-0.3, -0.25) is 0 Å². The number of rotatable bonds is 2. The number of para-hydroxylation sites is 2. The lowest BCUT2D eigenvalue weighted by Crippen LogP contribution is -2.04. The van der Waals surface area contributed by atoms with Crippen LogP contribution in [-0.4, -0.2) is 6.01 Å². The van der Waals surface area contributed by atoms with E-state index in [4.69, 9.17) is 5.41 Å². The van der Waals surface area contributed by atoms with Gasteiger partial charge in [-0.15, -0.1) is 0 Å². The molecule has 0 aliphatic carbocycles. The molecule has 1 N–H and O–H groups in total. The molecule has 2 aromatic rings. The summed E-state index contributed by atoms with van der Waals surface area (Å²) < 4.78 is 1.78. The van der Waals surface area contributed by atoms with Crippen molar-refractivity contribution >= 4 is 17.4 Å². The summed E-state index contributed by atoms with van der Waals surface area (Å²) in [5.41, 5.74) is 4.26. The molecule has 0 saturated heterocycles. The maximum atomic E-state index is 7.50. The van der Waals surface area contributed by atoms with Crippen LogP contribution in [0.15, 0.2) is 48.5 Å². The minimum atomic E-state index is 0.997. The summed E-state index contributed by atoms with van der Waals surface area (Å²) in [4.78, 5) is 0. The fourth-order valence-electron chi connectivity index (χ4n) is 1.88. The van der Waals surface area contributed by atoms with Crippen LogP contribution in [0, 0.1) is 19.3 Å². The van der Waals surface area contributed by atoms with Gasteiger partial charge in [0.2, 0.25) is 0 Å². The van der Waals surface area contributed by atoms with Gasteiger partial charge in [-0.05, 0) is 37.1 Å². The van der Waals surface area contributed by atoms with E-state index < -0.39 is 0 Å². The van der Waals surface area contributed by atoms with E-state index >= 15 is 0 Å². The van der Waals surface area contributed by atoms with Crippen molar-refractivity contribution in [2.24, 2.45) is 0 Å². The zero-order chi connectivity index (χ0) is 12.3. The van der Waals surface area contributed by atoms with Crippen LogP contribution >= 0.6 is 0 Å². The largest absolute Gasteiger partial charge is 0.315 e. The maximum absolute atomic E-state index is 7.50. The van der Waals surface area contributed by atoms with Crippen molar-refractivity contribution in [3.63, 3.8) is 0 Å². The Labute approximate surface area is 101 Å². The van der Waals surface area contributed by atoms with E-state index in [1.165, 1.54) is 0 Å². The van der Waals surface area contributed by atoms with E-state index in [9.17, 15) is 0 Å². The molecule has 0 aliphatic heterocycles. The van der Waals surface area contributed by atoms with Crippen LogP contribution in [0.5, 0.6) is 0 Å². The molecule has 17 heavy (non-hydrogen) atoms. The van der Waals surface area contributed by atoms with Crippen molar-refractivity contribution in [3.05, 3.63) is 59.7 Å². The summed E-state index contributed by atoms with van der Waals surface area (Å²) in [6.07, 6.45) is 0. The Balaban J connectivity index is 2.62. The van der Waals surface area contributed by atoms with Gasteiger partial charge in [-0.1, -0.05) is 41.8 Å². The molecule has 0 spiro atoms. The molecule has 2 heteroatoms. The van der Waals surface area contributed by atoms with Crippen LogP contribution < -0.4 is 4.58 Å². The zero-order valence-corrected chi connectivity index (χ0v) is 10.1. The molecule has 0 amide bonds. The quantitative estimate of drug-likeness (QED) is 0.590. The normalized spacial score (nSPS) is 9.76. The summed E-state index contributed by atoms with van der Waals surface area (Å²) in [6.45, 7) is 4.08. The summed E-state index contributed by atoms with van der Waals surface area (Å²) in [5, 5.41) is 7.50. The first-order chi connectivity index (χ1) is 8.24. The third-order valence-corrected chi connectivity index (χ3v) is 2.82. The second-order valence-electron chi connectivity index (χ2n) is 4.02. The fourth-order valence-corrected chi connectivity index (χ4v) is 1.88. The summed E-state index contributed by atoms with van der Waals surface area (Å²) >= 11 is 0. The van der Waals surface area contributed by atoms with Gasteiger partial charge in [0.1, 0.15) is 11.4 Å². The van der Waals surface area contributed by atoms with Gasteiger partial charge in [0.05, 0.1) is 0 Å². The molecule has 2 nitrogen and oxygen atoms in total. The van der Waals surface area contributed by atoms with Crippen molar-refractivity contribution in [1.29, 1.82) is 5.41 Å². The van der Waals surface area contributed by atoms with E-state index in [0.717, 1.165) is 22.5 Å². The highest BCUT2D eigenvalue weighted by molar-refractivity contribution is 5.66. The van der Waals surface area contributed by atoms with Crippen LogP contribution in [-0.2, 0) is 0 Å². The number of hydrogen-bond acceptors (Lipinski definition) is 1. The molecule has 0 atom stereocenters. The summed E-state index contributed by atoms with van der Waals surface area (Å²) in [5.74, 6) is 0. The highest BCUT2D eigenvalue weighted by Gasteiger charge is 2.12. The van der Waals surface area contributed by atoms with E-state index in [1.807, 2.05) is 62.4 Å². The third-order valence-electron chi connectivity index (χ3n) is 2.82. The average Bonchev–Trinajstić information content (AvgIpc) is 2.34. The molecule has 84 valence electrons. The van der Waals surface area contributed by atoms with Gasteiger partial charge in [0.25, 0.3) is 0 Å². The first kappa shape index (κ1) is 11.3. The lowest BCUT2D eigenvalue weighted by Gasteiger charge is -2.07. The third kappa shape index (κ3) is 2.17. The first-order valence-corrected chi connectivity index (χ1v) is 5.58. The smallest absolute Gasteiger partial charge is 0.151 e. The van der Waals surface area contributed by atoms with Crippen LogP contribution in [0.4, 0.5) is 11.4 Å². The van der Waals surface area contributed by atoms with Gasteiger partial charge < -0.3 is 0 Å². The number of hydrogen-bond donors (Lipinski definition) is 1. The molecule has 0 bridgehead atoms. The Morgan fingerprint density at radius 1 is 0.824 bits per heavy atom. The topological polar surface area (TPSA) is 26.9 Å². The van der Waals surface area contributed by atoms with Gasteiger partial charge in [0.15, 0.2) is 0 Å². The monoisotopic (exact) mass is 223 g/mol. The lowest BCUT2D eigenvalue weighted by atomic mass is 10.1. The minimum Gasteiger partial charge on any atom is -0.151 e. The van der Waals surface area contributed by atoms with E-state index in [2.05, 4.69) is 6.01 Å². The van der Waals surface area contributed by atoms with Crippen LogP contribution in [0.1, 0.15) is 11.1 Å². The molecule has 0 radical (unpaired) electrons. The van der Waals surface area contributed by atoms with Crippen molar-refractivity contribution in [1.82, 2.24) is 4.58 Å².